The number of aliphatic hydroxyl groups excluding tert-OH is 1. The number of carbonyl (C=O) groups is 1. The zero-order valence-corrected chi connectivity index (χ0v) is 15.6. The highest BCUT2D eigenvalue weighted by Crippen LogP contribution is 2.12. The van der Waals surface area contributed by atoms with Crippen molar-refractivity contribution in [2.24, 2.45) is 0 Å². The number of carbonyl (C=O) groups excluding carboxylic acids is 1. The molecule has 8 heteroatoms. The Morgan fingerprint density at radius 1 is 1.27 bits per heavy atom. The molecule has 0 fully saturated rings. The number of amides is 1. The molecule has 1 aromatic heterocycles. The summed E-state index contributed by atoms with van der Waals surface area (Å²) in [5.41, 5.74) is 2.07. The lowest BCUT2D eigenvalue weighted by Gasteiger charge is -2.10. The fourth-order valence-corrected chi connectivity index (χ4v) is 3.33. The van der Waals surface area contributed by atoms with Crippen LogP contribution in [0.2, 0.25) is 0 Å². The Hall–Kier alpha value is -2.29. The number of aliphatic hydroxyl groups is 1. The topological polar surface area (TPSA) is 108 Å². The normalized spacial score (nSPS) is 12.6. The molecule has 0 saturated carbocycles. The van der Waals surface area contributed by atoms with E-state index in [0.29, 0.717) is 0 Å². The molecule has 7 nitrogen and oxygen atoms in total. The molecule has 1 atom stereocenters. The van der Waals surface area contributed by atoms with Gasteiger partial charge in [0, 0.05) is 18.3 Å². The maximum atomic E-state index is 12.3. The summed E-state index contributed by atoms with van der Waals surface area (Å²) in [4.78, 5) is 16.5. The second kappa shape index (κ2) is 8.88. The van der Waals surface area contributed by atoms with E-state index >= 15 is 0 Å². The molecule has 0 aliphatic rings. The first-order chi connectivity index (χ1) is 12.3. The SMILES string of the molecule is CCc1ccc(CNC(=O)c2cccc(S(=O)(=O)NCC(C)O)c2)nc1. The van der Waals surface area contributed by atoms with Crippen molar-refractivity contribution in [3.63, 3.8) is 0 Å². The number of benzene rings is 1. The number of nitrogens with zero attached hydrogens (tertiary/aromatic N) is 1. The molecule has 1 aromatic carbocycles. The van der Waals surface area contributed by atoms with Gasteiger partial charge < -0.3 is 10.4 Å². The Labute approximate surface area is 153 Å². The second-order valence-corrected chi connectivity index (χ2v) is 7.69. The van der Waals surface area contributed by atoms with Gasteiger partial charge in [-0.05, 0) is 43.2 Å². The maximum Gasteiger partial charge on any atom is 0.251 e. The van der Waals surface area contributed by atoms with Crippen LogP contribution in [0.5, 0.6) is 0 Å². The predicted molar refractivity (Wildman–Crippen MR) is 98.1 cm³/mol. The number of hydrogen-bond acceptors (Lipinski definition) is 5. The molecule has 26 heavy (non-hydrogen) atoms. The lowest BCUT2D eigenvalue weighted by Crippen LogP contribution is -2.31. The van der Waals surface area contributed by atoms with Crippen molar-refractivity contribution in [2.45, 2.75) is 37.8 Å². The number of nitrogens with one attached hydrogen (secondary N) is 2. The third kappa shape index (κ3) is 5.62. The zero-order valence-electron chi connectivity index (χ0n) is 14.8. The van der Waals surface area contributed by atoms with E-state index in [1.165, 1.54) is 31.2 Å². The monoisotopic (exact) mass is 377 g/mol. The van der Waals surface area contributed by atoms with Crippen LogP contribution in [0.15, 0.2) is 47.5 Å². The Morgan fingerprint density at radius 2 is 2.04 bits per heavy atom. The van der Waals surface area contributed by atoms with E-state index in [1.54, 1.807) is 6.20 Å². The van der Waals surface area contributed by atoms with Crippen LogP contribution in [0, 0.1) is 0 Å². The number of rotatable bonds is 8. The minimum atomic E-state index is -3.79. The molecule has 0 aliphatic heterocycles. The van der Waals surface area contributed by atoms with Crippen molar-refractivity contribution in [2.75, 3.05) is 6.54 Å². The van der Waals surface area contributed by atoms with E-state index in [2.05, 4.69) is 15.0 Å². The van der Waals surface area contributed by atoms with Gasteiger partial charge in [0.1, 0.15) is 0 Å². The molecule has 0 bridgehead atoms. The lowest BCUT2D eigenvalue weighted by atomic mass is 10.2. The molecule has 1 heterocycles. The highest BCUT2D eigenvalue weighted by Gasteiger charge is 2.16. The molecular weight excluding hydrogens is 354 g/mol. The van der Waals surface area contributed by atoms with Gasteiger partial charge in [0.25, 0.3) is 5.91 Å². The molecule has 0 radical (unpaired) electrons. The molecule has 140 valence electrons. The molecule has 0 saturated heterocycles. The van der Waals surface area contributed by atoms with Gasteiger partial charge in [0.05, 0.1) is 23.2 Å². The third-order valence-electron chi connectivity index (χ3n) is 3.70. The van der Waals surface area contributed by atoms with Gasteiger partial charge in [-0.3, -0.25) is 9.78 Å². The predicted octanol–water partition coefficient (Wildman–Crippen LogP) is 1.23. The quantitative estimate of drug-likeness (QED) is 0.641. The first-order valence-corrected chi connectivity index (χ1v) is 9.80. The van der Waals surface area contributed by atoms with E-state index in [1.807, 2.05) is 19.1 Å². The van der Waals surface area contributed by atoms with Crippen LogP contribution in [0.3, 0.4) is 0 Å². The molecule has 2 rings (SSSR count). The van der Waals surface area contributed by atoms with Gasteiger partial charge in [-0.2, -0.15) is 0 Å². The third-order valence-corrected chi connectivity index (χ3v) is 5.12. The van der Waals surface area contributed by atoms with E-state index in [-0.39, 0.29) is 29.5 Å². The van der Waals surface area contributed by atoms with Crippen LogP contribution in [-0.2, 0) is 23.0 Å². The second-order valence-electron chi connectivity index (χ2n) is 5.92. The van der Waals surface area contributed by atoms with Crippen LogP contribution >= 0.6 is 0 Å². The minimum Gasteiger partial charge on any atom is -0.392 e. The summed E-state index contributed by atoms with van der Waals surface area (Å²) in [6.07, 6.45) is 1.86. The molecule has 3 N–H and O–H groups in total. The van der Waals surface area contributed by atoms with E-state index in [4.69, 9.17) is 0 Å². The summed E-state index contributed by atoms with van der Waals surface area (Å²) < 4.78 is 26.7. The standard InChI is InChI=1S/C18H23N3O4S/c1-3-14-7-8-16(19-11-14)12-20-18(23)15-5-4-6-17(9-15)26(24,25)21-10-13(2)22/h4-9,11,13,21-22H,3,10,12H2,1-2H3,(H,20,23). The van der Waals surface area contributed by atoms with Crippen molar-refractivity contribution >= 4 is 15.9 Å². The lowest BCUT2D eigenvalue weighted by molar-refractivity contribution is 0.0950. The van der Waals surface area contributed by atoms with Gasteiger partial charge in [-0.1, -0.05) is 19.1 Å². The van der Waals surface area contributed by atoms with Crippen molar-refractivity contribution < 1.29 is 18.3 Å². The highest BCUT2D eigenvalue weighted by atomic mass is 32.2. The zero-order chi connectivity index (χ0) is 19.2. The van der Waals surface area contributed by atoms with Crippen LogP contribution in [-0.4, -0.2) is 37.1 Å². The Balaban J connectivity index is 2.05. The fraction of sp³-hybridized carbons (Fsp3) is 0.333. The van der Waals surface area contributed by atoms with Gasteiger partial charge in [0.2, 0.25) is 10.0 Å². The molecule has 1 unspecified atom stereocenters. The first-order valence-electron chi connectivity index (χ1n) is 8.31. The van der Waals surface area contributed by atoms with E-state index in [0.717, 1.165) is 17.7 Å². The maximum absolute atomic E-state index is 12.3. The van der Waals surface area contributed by atoms with Gasteiger partial charge in [-0.15, -0.1) is 0 Å². The number of sulfonamides is 1. The van der Waals surface area contributed by atoms with E-state index < -0.39 is 16.1 Å². The Bertz CT molecular complexity index is 849. The number of aromatic nitrogens is 1. The number of aryl methyl sites for hydroxylation is 1. The summed E-state index contributed by atoms with van der Waals surface area (Å²) in [6, 6.07) is 9.53. The van der Waals surface area contributed by atoms with Gasteiger partial charge >= 0.3 is 0 Å². The van der Waals surface area contributed by atoms with Crippen molar-refractivity contribution in [3.05, 3.63) is 59.4 Å². The summed E-state index contributed by atoms with van der Waals surface area (Å²) in [5, 5.41) is 11.9. The molecule has 0 spiro atoms. The van der Waals surface area contributed by atoms with Crippen LogP contribution < -0.4 is 10.0 Å². The smallest absolute Gasteiger partial charge is 0.251 e. The van der Waals surface area contributed by atoms with Crippen molar-refractivity contribution in [1.82, 2.24) is 15.0 Å². The average molecular weight is 377 g/mol. The Kier molecular flexibility index (Phi) is 6.84. The largest absolute Gasteiger partial charge is 0.392 e. The molecule has 1 amide bonds. The molecule has 2 aromatic rings. The summed E-state index contributed by atoms with van der Waals surface area (Å²) >= 11 is 0. The molecular formula is C18H23N3O4S. The van der Waals surface area contributed by atoms with Gasteiger partial charge in [-0.25, -0.2) is 13.1 Å². The fourth-order valence-electron chi connectivity index (χ4n) is 2.16. The molecule has 0 aliphatic carbocycles. The van der Waals surface area contributed by atoms with Crippen LogP contribution in [0.4, 0.5) is 0 Å². The van der Waals surface area contributed by atoms with E-state index in [9.17, 15) is 18.3 Å². The Morgan fingerprint density at radius 3 is 2.65 bits per heavy atom. The van der Waals surface area contributed by atoms with Crippen molar-refractivity contribution in [3.8, 4) is 0 Å². The summed E-state index contributed by atoms with van der Waals surface area (Å²) in [5.74, 6) is -0.390. The minimum absolute atomic E-state index is 0.0313. The number of hydrogen-bond donors (Lipinski definition) is 3. The first kappa shape index (κ1) is 20.0. The summed E-state index contributed by atoms with van der Waals surface area (Å²) in [7, 11) is -3.79. The van der Waals surface area contributed by atoms with Gasteiger partial charge in [0.15, 0.2) is 0 Å². The van der Waals surface area contributed by atoms with Crippen LogP contribution in [0.25, 0.3) is 0 Å². The van der Waals surface area contributed by atoms with Crippen molar-refractivity contribution in [1.29, 1.82) is 0 Å². The average Bonchev–Trinajstić information content (AvgIpc) is 2.65. The summed E-state index contributed by atoms with van der Waals surface area (Å²) in [6.45, 7) is 3.67. The van der Waals surface area contributed by atoms with Crippen LogP contribution in [0.1, 0.15) is 35.5 Å². The number of pyridine rings is 1. The highest BCUT2D eigenvalue weighted by molar-refractivity contribution is 7.89.